The molecule has 0 spiro atoms. The molecule has 53 heavy (non-hydrogen) atoms. The number of amides is 3. The van der Waals surface area contributed by atoms with Crippen molar-refractivity contribution in [1.29, 1.82) is 0 Å². The van der Waals surface area contributed by atoms with Crippen molar-refractivity contribution < 1.29 is 24.0 Å². The van der Waals surface area contributed by atoms with Crippen molar-refractivity contribution in [3.05, 3.63) is 77.4 Å². The summed E-state index contributed by atoms with van der Waals surface area (Å²) in [6.07, 6.45) is 8.65. The van der Waals surface area contributed by atoms with Gasteiger partial charge < -0.3 is 20.9 Å². The van der Waals surface area contributed by atoms with Crippen molar-refractivity contribution in [3.63, 3.8) is 0 Å². The number of carbonyl (C=O) groups is 5. The number of benzene rings is 3. The van der Waals surface area contributed by atoms with E-state index in [2.05, 4.69) is 28.9 Å². The minimum atomic E-state index is -0.538. The average Bonchev–Trinajstić information content (AvgIpc) is 3.71. The summed E-state index contributed by atoms with van der Waals surface area (Å²) in [5.74, 6) is 1.58. The summed E-state index contributed by atoms with van der Waals surface area (Å²) in [7, 11) is 3.99. The molecule has 3 unspecified atom stereocenters. The number of aryl methyl sites for hydroxylation is 1. The lowest BCUT2D eigenvalue weighted by Gasteiger charge is -2.18. The Labute approximate surface area is 318 Å². The molecule has 2 fully saturated rings. The Kier molecular flexibility index (Phi) is 14.9. The Morgan fingerprint density at radius 2 is 1.64 bits per heavy atom. The second-order valence-electron chi connectivity index (χ2n) is 14.9. The van der Waals surface area contributed by atoms with E-state index in [1.807, 2.05) is 85.4 Å². The van der Waals surface area contributed by atoms with Crippen LogP contribution in [0.25, 0.3) is 10.8 Å². The number of carbonyl (C=O) groups excluding carboxylic acids is 5. The van der Waals surface area contributed by atoms with Crippen LogP contribution in [-0.2, 0) is 32.0 Å². The number of ketones is 2. The van der Waals surface area contributed by atoms with E-state index < -0.39 is 6.04 Å². The standard InChI is InChI=1S/C43H56N4O5S/c1-4-5-10-37(46-43(52)33-19-18-32-26-34(47(2)3)21-20-31(32)25-33)39(49)22-17-29-13-15-30(16-14-29)24-35(48)9-8-23-44-41(50)12-7-6-11-40-36-27-42(51)45-38(36)28-53-40/h13-16,18-21,25-26,36-38,40H,4-12,17,22-24,27-28H2,1-3H3,(H,44,50)(H,45,51)(H,46,52)/t36?,37-,38?,40?/m0/s1. The number of nitrogens with zero attached hydrogens (tertiary/aromatic N) is 1. The molecule has 2 aliphatic rings. The second-order valence-corrected chi connectivity index (χ2v) is 16.2. The number of thioether (sulfide) groups is 1. The lowest BCUT2D eigenvalue weighted by molar-refractivity contribution is -0.122. The van der Waals surface area contributed by atoms with E-state index in [1.165, 1.54) is 0 Å². The molecule has 3 N–H and O–H groups in total. The van der Waals surface area contributed by atoms with E-state index in [0.717, 1.165) is 65.4 Å². The number of Topliss-reactive ketones (excluding diaryl/α,β-unsaturated/α-hetero) is 2. The van der Waals surface area contributed by atoms with Crippen LogP contribution in [0, 0.1) is 5.92 Å². The zero-order valence-electron chi connectivity index (χ0n) is 31.6. The van der Waals surface area contributed by atoms with Crippen LogP contribution >= 0.6 is 11.8 Å². The number of rotatable bonds is 21. The van der Waals surface area contributed by atoms with Crippen molar-refractivity contribution in [1.82, 2.24) is 16.0 Å². The predicted octanol–water partition coefficient (Wildman–Crippen LogP) is 6.58. The minimum absolute atomic E-state index is 0.0243. The maximum absolute atomic E-state index is 13.3. The molecule has 2 saturated heterocycles. The molecule has 2 aliphatic heterocycles. The van der Waals surface area contributed by atoms with Gasteiger partial charge >= 0.3 is 0 Å². The lowest BCUT2D eigenvalue weighted by atomic mass is 9.94. The summed E-state index contributed by atoms with van der Waals surface area (Å²) in [6.45, 7) is 2.57. The molecule has 2 heterocycles. The molecule has 10 heteroatoms. The molecule has 3 amide bonds. The van der Waals surface area contributed by atoms with Crippen molar-refractivity contribution >= 4 is 57.5 Å². The van der Waals surface area contributed by atoms with Crippen LogP contribution < -0.4 is 20.9 Å². The Balaban J connectivity index is 0.975. The highest BCUT2D eigenvalue weighted by molar-refractivity contribution is 8.00. The first kappa shape index (κ1) is 40.0. The van der Waals surface area contributed by atoms with Crippen LogP contribution in [0.4, 0.5) is 5.69 Å². The van der Waals surface area contributed by atoms with Gasteiger partial charge in [0.05, 0.1) is 6.04 Å². The molecule has 0 aromatic heterocycles. The molecule has 3 aromatic carbocycles. The zero-order valence-corrected chi connectivity index (χ0v) is 32.4. The summed E-state index contributed by atoms with van der Waals surface area (Å²) < 4.78 is 0. The molecular formula is C43H56N4O5S. The molecule has 0 aliphatic carbocycles. The van der Waals surface area contributed by atoms with Gasteiger partial charge in [-0.2, -0.15) is 11.8 Å². The minimum Gasteiger partial charge on any atom is -0.378 e. The van der Waals surface area contributed by atoms with Gasteiger partial charge in [0.2, 0.25) is 11.8 Å². The smallest absolute Gasteiger partial charge is 0.251 e. The van der Waals surface area contributed by atoms with Crippen LogP contribution in [0.3, 0.4) is 0 Å². The third-order valence-electron chi connectivity index (χ3n) is 10.6. The Morgan fingerprint density at radius 1 is 0.887 bits per heavy atom. The van der Waals surface area contributed by atoms with Crippen LogP contribution in [0.2, 0.25) is 0 Å². The highest BCUT2D eigenvalue weighted by atomic mass is 32.2. The molecule has 0 radical (unpaired) electrons. The number of fused-ring (bicyclic) bond motifs is 2. The van der Waals surface area contributed by atoms with Gasteiger partial charge in [-0.25, -0.2) is 0 Å². The van der Waals surface area contributed by atoms with E-state index >= 15 is 0 Å². The van der Waals surface area contributed by atoms with Crippen molar-refractivity contribution in [2.75, 3.05) is 31.3 Å². The maximum atomic E-state index is 13.3. The van der Waals surface area contributed by atoms with Crippen molar-refractivity contribution in [3.8, 4) is 0 Å². The first-order valence-electron chi connectivity index (χ1n) is 19.4. The van der Waals surface area contributed by atoms with E-state index in [4.69, 9.17) is 0 Å². The molecule has 0 saturated carbocycles. The first-order valence-corrected chi connectivity index (χ1v) is 20.5. The topological polar surface area (TPSA) is 125 Å². The number of unbranched alkanes of at least 4 members (excludes halogenated alkanes) is 2. The number of hydrogen-bond donors (Lipinski definition) is 3. The number of anilines is 1. The van der Waals surface area contributed by atoms with Gasteiger partial charge in [0.15, 0.2) is 5.78 Å². The molecule has 4 atom stereocenters. The van der Waals surface area contributed by atoms with Crippen molar-refractivity contribution in [2.24, 2.45) is 5.92 Å². The third-order valence-corrected chi connectivity index (χ3v) is 12.1. The van der Waals surface area contributed by atoms with Crippen LogP contribution in [0.1, 0.15) is 99.0 Å². The van der Waals surface area contributed by atoms with E-state index in [9.17, 15) is 24.0 Å². The summed E-state index contributed by atoms with van der Waals surface area (Å²) in [6, 6.07) is 19.4. The molecular weight excluding hydrogens is 685 g/mol. The lowest BCUT2D eigenvalue weighted by Crippen LogP contribution is -2.41. The summed E-state index contributed by atoms with van der Waals surface area (Å²) in [4.78, 5) is 65.2. The van der Waals surface area contributed by atoms with E-state index in [0.29, 0.717) is 80.7 Å². The van der Waals surface area contributed by atoms with Crippen LogP contribution in [0.15, 0.2) is 60.7 Å². The normalized spacial score (nSPS) is 18.3. The van der Waals surface area contributed by atoms with Gasteiger partial charge in [-0.05, 0) is 78.3 Å². The van der Waals surface area contributed by atoms with Crippen LogP contribution in [-0.4, -0.2) is 73.0 Å². The highest BCUT2D eigenvalue weighted by Gasteiger charge is 2.42. The van der Waals surface area contributed by atoms with E-state index in [1.54, 1.807) is 0 Å². The summed E-state index contributed by atoms with van der Waals surface area (Å²) >= 11 is 1.95. The van der Waals surface area contributed by atoms with Gasteiger partial charge in [-0.3, -0.25) is 24.0 Å². The molecule has 9 nitrogen and oxygen atoms in total. The molecule has 284 valence electrons. The molecule has 0 bridgehead atoms. The third kappa shape index (κ3) is 11.9. The molecule has 5 rings (SSSR count). The molecule has 3 aromatic rings. The zero-order chi connectivity index (χ0) is 37.7. The van der Waals surface area contributed by atoms with Crippen molar-refractivity contribution in [2.45, 2.75) is 108 Å². The summed E-state index contributed by atoms with van der Waals surface area (Å²) in [5.41, 5.74) is 3.58. The van der Waals surface area contributed by atoms with Gasteiger partial charge in [-0.15, -0.1) is 0 Å². The fourth-order valence-corrected chi connectivity index (χ4v) is 9.02. The quantitative estimate of drug-likeness (QED) is 0.105. The maximum Gasteiger partial charge on any atom is 0.251 e. The van der Waals surface area contributed by atoms with Gasteiger partial charge in [0.1, 0.15) is 5.78 Å². The number of hydrogen-bond acceptors (Lipinski definition) is 7. The largest absolute Gasteiger partial charge is 0.378 e. The average molecular weight is 741 g/mol. The monoisotopic (exact) mass is 740 g/mol. The van der Waals surface area contributed by atoms with Crippen LogP contribution in [0.5, 0.6) is 0 Å². The van der Waals surface area contributed by atoms with Gasteiger partial charge in [0, 0.05) is 87.0 Å². The Bertz CT molecular complexity index is 1740. The van der Waals surface area contributed by atoms with Gasteiger partial charge in [-0.1, -0.05) is 62.6 Å². The second kappa shape index (κ2) is 19.8. The highest BCUT2D eigenvalue weighted by Crippen LogP contribution is 2.40. The first-order chi connectivity index (χ1) is 25.6. The number of nitrogens with one attached hydrogen (secondary N) is 3. The summed E-state index contributed by atoms with van der Waals surface area (Å²) in [5, 5.41) is 11.6. The predicted molar refractivity (Wildman–Crippen MR) is 215 cm³/mol. The fraction of sp³-hybridized carbons (Fsp3) is 0.512. The Hall–Kier alpha value is -4.18. The fourth-order valence-electron chi connectivity index (χ4n) is 7.36. The Morgan fingerprint density at radius 3 is 2.42 bits per heavy atom. The SMILES string of the molecule is CCCC[C@H](NC(=O)c1ccc2cc(N(C)C)ccc2c1)C(=O)CCc1ccc(CC(=O)CCCNC(=O)CCCCC2SCC3NC(=O)CC32)cc1. The van der Waals surface area contributed by atoms with E-state index in [-0.39, 0.29) is 29.3 Å². The van der Waals surface area contributed by atoms with Gasteiger partial charge in [0.25, 0.3) is 5.91 Å².